The Balaban J connectivity index is 2.30. The lowest BCUT2D eigenvalue weighted by Crippen LogP contribution is -2.54. The summed E-state index contributed by atoms with van der Waals surface area (Å²) < 4.78 is 4.99. The zero-order valence-corrected chi connectivity index (χ0v) is 12.1. The molecule has 1 heterocycles. The average Bonchev–Trinajstić information content (AvgIpc) is 2.47. The molecule has 1 saturated heterocycles. The molecule has 1 aromatic carbocycles. The lowest BCUT2D eigenvalue weighted by Gasteiger charge is -2.42. The van der Waals surface area contributed by atoms with E-state index in [9.17, 15) is 9.59 Å². The third kappa shape index (κ3) is 3.24. The molecule has 1 aliphatic rings. The number of carbonyl (C=O) groups excluding carboxylic acids is 2. The van der Waals surface area contributed by atoms with Crippen LogP contribution in [0.25, 0.3) is 0 Å². The largest absolute Gasteiger partial charge is 0.436 e. The summed E-state index contributed by atoms with van der Waals surface area (Å²) in [5.41, 5.74) is 6.19. The maximum absolute atomic E-state index is 12.4. The van der Waals surface area contributed by atoms with E-state index in [0.29, 0.717) is 13.0 Å². The van der Waals surface area contributed by atoms with E-state index in [-0.39, 0.29) is 17.9 Å². The molecule has 0 aliphatic carbocycles. The number of nitrogens with two attached hydrogens (primary N) is 1. The molecular weight excluding hydrogens is 268 g/mol. The van der Waals surface area contributed by atoms with Gasteiger partial charge in [-0.05, 0) is 12.5 Å². The van der Waals surface area contributed by atoms with Crippen molar-refractivity contribution in [2.75, 3.05) is 6.54 Å². The van der Waals surface area contributed by atoms with Crippen LogP contribution in [0.4, 0.5) is 4.79 Å². The van der Waals surface area contributed by atoms with Crippen LogP contribution < -0.4 is 5.73 Å². The van der Waals surface area contributed by atoms with Gasteiger partial charge in [-0.2, -0.15) is 0 Å². The van der Waals surface area contributed by atoms with Crippen molar-refractivity contribution >= 4 is 12.0 Å². The molecule has 112 valence electrons. The Morgan fingerprint density at radius 2 is 2.14 bits per heavy atom. The van der Waals surface area contributed by atoms with Crippen LogP contribution in [0, 0.1) is 0 Å². The van der Waals surface area contributed by atoms with E-state index in [1.807, 2.05) is 37.3 Å². The Hall–Kier alpha value is -2.30. The number of benzene rings is 1. The van der Waals surface area contributed by atoms with Gasteiger partial charge in [0, 0.05) is 24.9 Å². The van der Waals surface area contributed by atoms with Crippen molar-refractivity contribution in [3.8, 4) is 0 Å². The number of piperidine rings is 1. The average molecular weight is 288 g/mol. The van der Waals surface area contributed by atoms with Crippen molar-refractivity contribution in [2.24, 2.45) is 5.73 Å². The predicted octanol–water partition coefficient (Wildman–Crippen LogP) is 2.04. The van der Waals surface area contributed by atoms with Crippen LogP contribution in [0.15, 0.2) is 43.0 Å². The fraction of sp³-hybridized carbons (Fsp3) is 0.375. The van der Waals surface area contributed by atoms with Crippen molar-refractivity contribution in [2.45, 2.75) is 31.4 Å². The van der Waals surface area contributed by atoms with Crippen molar-refractivity contribution < 1.29 is 14.3 Å². The molecule has 0 spiro atoms. The molecule has 1 aromatic rings. The summed E-state index contributed by atoms with van der Waals surface area (Å²) in [4.78, 5) is 25.1. The van der Waals surface area contributed by atoms with E-state index in [1.54, 1.807) is 11.0 Å². The highest BCUT2D eigenvalue weighted by Gasteiger charge is 2.41. The highest BCUT2D eigenvalue weighted by molar-refractivity contribution is 5.84. The van der Waals surface area contributed by atoms with Crippen LogP contribution in [-0.4, -0.2) is 35.6 Å². The Morgan fingerprint density at radius 1 is 1.48 bits per heavy atom. The Morgan fingerprint density at radius 3 is 2.71 bits per heavy atom. The van der Waals surface area contributed by atoms with Crippen LogP contribution in [0.2, 0.25) is 0 Å². The molecule has 21 heavy (non-hydrogen) atoms. The first-order chi connectivity index (χ1) is 10.0. The van der Waals surface area contributed by atoms with Gasteiger partial charge in [-0.25, -0.2) is 4.79 Å². The van der Waals surface area contributed by atoms with Crippen molar-refractivity contribution in [1.82, 2.24) is 4.90 Å². The molecule has 5 heteroatoms. The monoisotopic (exact) mass is 288 g/mol. The third-order valence-electron chi connectivity index (χ3n) is 3.91. The van der Waals surface area contributed by atoms with Gasteiger partial charge in [0.05, 0.1) is 0 Å². The summed E-state index contributed by atoms with van der Waals surface area (Å²) in [5.74, 6) is -0.124. The first-order valence-electron chi connectivity index (χ1n) is 6.97. The fourth-order valence-electron chi connectivity index (χ4n) is 2.88. The molecule has 1 aliphatic heterocycles. The fourth-order valence-corrected chi connectivity index (χ4v) is 2.88. The minimum Gasteiger partial charge on any atom is -0.436 e. The van der Waals surface area contributed by atoms with Gasteiger partial charge in [-0.3, -0.25) is 4.79 Å². The van der Waals surface area contributed by atoms with Crippen LogP contribution in [0.3, 0.4) is 0 Å². The van der Waals surface area contributed by atoms with Gasteiger partial charge in [0.1, 0.15) is 0 Å². The van der Waals surface area contributed by atoms with Crippen molar-refractivity contribution in [1.29, 1.82) is 0 Å². The minimum absolute atomic E-state index is 0.00521. The number of carbonyl (C=O) groups is 2. The number of hydrogen-bond acceptors (Lipinski definition) is 3. The van der Waals surface area contributed by atoms with Gasteiger partial charge in [0.2, 0.25) is 0 Å². The van der Waals surface area contributed by atoms with E-state index in [2.05, 4.69) is 6.58 Å². The van der Waals surface area contributed by atoms with Gasteiger partial charge in [-0.15, -0.1) is 6.58 Å². The van der Waals surface area contributed by atoms with E-state index in [0.717, 1.165) is 5.56 Å². The smallest absolute Gasteiger partial charge is 0.405 e. The molecule has 3 atom stereocenters. The first-order valence-corrected chi connectivity index (χ1v) is 6.97. The number of ether oxygens (including phenoxy) is 1. The Labute approximate surface area is 124 Å². The summed E-state index contributed by atoms with van der Waals surface area (Å²) in [5, 5.41) is 0. The third-order valence-corrected chi connectivity index (χ3v) is 3.91. The van der Waals surface area contributed by atoms with E-state index < -0.39 is 12.2 Å². The SMILES string of the molecule is C=CCN1C(=O)C(OC(N)=O)CC(c2ccccc2)C1C. The van der Waals surface area contributed by atoms with Gasteiger partial charge < -0.3 is 15.4 Å². The van der Waals surface area contributed by atoms with Crippen molar-refractivity contribution in [3.63, 3.8) is 0 Å². The van der Waals surface area contributed by atoms with Crippen LogP contribution in [0.1, 0.15) is 24.8 Å². The molecule has 0 saturated carbocycles. The quantitative estimate of drug-likeness (QED) is 0.862. The molecule has 2 N–H and O–H groups in total. The molecule has 0 aromatic heterocycles. The van der Waals surface area contributed by atoms with Crippen LogP contribution in [-0.2, 0) is 9.53 Å². The maximum atomic E-state index is 12.4. The second-order valence-corrected chi connectivity index (χ2v) is 5.20. The number of likely N-dealkylation sites (tertiary alicyclic amines) is 1. The molecule has 2 amide bonds. The summed E-state index contributed by atoms with van der Waals surface area (Å²) >= 11 is 0. The Bertz CT molecular complexity index is 530. The van der Waals surface area contributed by atoms with E-state index >= 15 is 0 Å². The number of primary amides is 1. The lowest BCUT2D eigenvalue weighted by molar-refractivity contribution is -0.147. The number of rotatable bonds is 4. The molecule has 0 radical (unpaired) electrons. The molecule has 3 unspecified atom stereocenters. The topological polar surface area (TPSA) is 72.6 Å². The number of nitrogens with zero attached hydrogens (tertiary/aromatic N) is 1. The van der Waals surface area contributed by atoms with Gasteiger partial charge >= 0.3 is 6.09 Å². The maximum Gasteiger partial charge on any atom is 0.405 e. The molecule has 5 nitrogen and oxygen atoms in total. The molecule has 2 rings (SSSR count). The standard InChI is InChI=1S/C16H20N2O3/c1-3-9-18-11(2)13(12-7-5-4-6-8-12)10-14(15(18)19)21-16(17)20/h3-8,11,13-14H,1,9-10H2,2H3,(H2,17,20). The van der Waals surface area contributed by atoms with Crippen LogP contribution in [0.5, 0.6) is 0 Å². The lowest BCUT2D eigenvalue weighted by atomic mass is 9.82. The normalized spacial score (nSPS) is 25.5. The first kappa shape index (κ1) is 15.1. The summed E-state index contributed by atoms with van der Waals surface area (Å²) in [6, 6.07) is 9.90. The zero-order chi connectivity index (χ0) is 15.4. The van der Waals surface area contributed by atoms with Crippen molar-refractivity contribution in [3.05, 3.63) is 48.6 Å². The van der Waals surface area contributed by atoms with Gasteiger partial charge in [-0.1, -0.05) is 36.4 Å². The second kappa shape index (κ2) is 6.43. The summed E-state index contributed by atoms with van der Waals surface area (Å²) in [6.07, 6.45) is 0.362. The number of amides is 2. The summed E-state index contributed by atoms with van der Waals surface area (Å²) in [6.45, 7) is 6.10. The highest BCUT2D eigenvalue weighted by atomic mass is 16.6. The highest BCUT2D eigenvalue weighted by Crippen LogP contribution is 2.34. The van der Waals surface area contributed by atoms with E-state index in [4.69, 9.17) is 10.5 Å². The number of hydrogen-bond donors (Lipinski definition) is 1. The van der Waals surface area contributed by atoms with Gasteiger partial charge in [0.15, 0.2) is 6.10 Å². The minimum atomic E-state index is -0.923. The second-order valence-electron chi connectivity index (χ2n) is 5.20. The molecule has 1 fully saturated rings. The van der Waals surface area contributed by atoms with Crippen LogP contribution >= 0.6 is 0 Å². The van der Waals surface area contributed by atoms with Gasteiger partial charge in [0.25, 0.3) is 5.91 Å². The molecular formula is C16H20N2O3. The van der Waals surface area contributed by atoms with E-state index in [1.165, 1.54) is 0 Å². The summed E-state index contributed by atoms with van der Waals surface area (Å²) in [7, 11) is 0. The Kier molecular flexibility index (Phi) is 4.62. The molecule has 0 bridgehead atoms. The zero-order valence-electron chi connectivity index (χ0n) is 12.1. The predicted molar refractivity (Wildman–Crippen MR) is 79.6 cm³/mol.